The van der Waals surface area contributed by atoms with E-state index in [-0.39, 0.29) is 37.3 Å². The molecule has 0 aromatic heterocycles. The standard InChI is InChI=1S/C7H16N2O2.2ClH/c1-9(2,3)5-6(8)4-7(10)11;;/h6H,4-5,8H2,1-3H3;2*1H. The van der Waals surface area contributed by atoms with Crippen LogP contribution in [0, 0.1) is 0 Å². The Balaban J connectivity index is -0.000000500. The molecule has 0 rings (SSSR count). The Labute approximate surface area is 91.5 Å². The fourth-order valence-corrected chi connectivity index (χ4v) is 0.992. The number of carboxylic acid groups (broad SMARTS) is 1. The normalized spacial score (nSPS) is 12.3. The van der Waals surface area contributed by atoms with Crippen molar-refractivity contribution in [3.63, 3.8) is 0 Å². The predicted octanol–water partition coefficient (Wildman–Crippen LogP) is -3.08. The molecule has 0 spiro atoms. The van der Waals surface area contributed by atoms with E-state index >= 15 is 0 Å². The largest absolute Gasteiger partial charge is 1.00 e. The highest BCUT2D eigenvalue weighted by molar-refractivity contribution is 5.85. The molecule has 82 valence electrons. The molecule has 1 unspecified atom stereocenters. The molecule has 0 saturated heterocycles. The predicted molar refractivity (Wildman–Crippen MR) is 50.4 cm³/mol. The summed E-state index contributed by atoms with van der Waals surface area (Å²) < 4.78 is 0.703. The van der Waals surface area contributed by atoms with E-state index in [0.717, 1.165) is 0 Å². The number of nitrogens with two attached hydrogens (primary N) is 1. The average molecular weight is 233 g/mol. The van der Waals surface area contributed by atoms with E-state index in [9.17, 15) is 4.79 Å². The van der Waals surface area contributed by atoms with Crippen molar-refractivity contribution in [2.24, 2.45) is 5.73 Å². The molecule has 0 aliphatic rings. The minimum atomic E-state index is -0.828. The lowest BCUT2D eigenvalue weighted by molar-refractivity contribution is -0.871. The molecular weight excluding hydrogens is 215 g/mol. The van der Waals surface area contributed by atoms with Crippen molar-refractivity contribution in [1.29, 1.82) is 0 Å². The Hall–Kier alpha value is -0.0300. The SMILES string of the molecule is C[N+](C)(C)CC(N)CC(=O)O.Cl.[Cl-]. The molecule has 0 heterocycles. The molecule has 4 nitrogen and oxygen atoms in total. The highest BCUT2D eigenvalue weighted by Gasteiger charge is 2.16. The molecule has 0 aliphatic carbocycles. The zero-order valence-corrected chi connectivity index (χ0v) is 9.73. The summed E-state index contributed by atoms with van der Waals surface area (Å²) in [4.78, 5) is 10.2. The monoisotopic (exact) mass is 232 g/mol. The van der Waals surface area contributed by atoms with E-state index in [4.69, 9.17) is 10.8 Å². The van der Waals surface area contributed by atoms with Crippen LogP contribution in [0.5, 0.6) is 0 Å². The molecule has 0 fully saturated rings. The van der Waals surface area contributed by atoms with Crippen LogP contribution in [0.1, 0.15) is 6.42 Å². The number of halogens is 2. The van der Waals surface area contributed by atoms with Crippen LogP contribution in [0.15, 0.2) is 0 Å². The van der Waals surface area contributed by atoms with E-state index in [1.807, 2.05) is 21.1 Å². The number of carbonyl (C=O) groups is 1. The Bertz CT molecular complexity index is 148. The number of aliphatic carboxylic acids is 1. The second-order valence-electron chi connectivity index (χ2n) is 3.83. The number of rotatable bonds is 4. The molecule has 0 aromatic rings. The molecule has 13 heavy (non-hydrogen) atoms. The first-order valence-electron chi connectivity index (χ1n) is 3.59. The lowest BCUT2D eigenvalue weighted by Gasteiger charge is -2.26. The highest BCUT2D eigenvalue weighted by Crippen LogP contribution is 1.96. The second kappa shape index (κ2) is 7.38. The zero-order valence-electron chi connectivity index (χ0n) is 8.16. The number of carboxylic acids is 1. The summed E-state index contributed by atoms with van der Waals surface area (Å²) in [7, 11) is 5.96. The van der Waals surface area contributed by atoms with Gasteiger partial charge in [0.2, 0.25) is 0 Å². The molecule has 0 saturated carbocycles. The van der Waals surface area contributed by atoms with Gasteiger partial charge in [-0.15, -0.1) is 12.4 Å². The molecule has 0 amide bonds. The number of likely N-dealkylation sites (N-methyl/N-ethyl adjacent to an activating group) is 1. The topological polar surface area (TPSA) is 63.3 Å². The maximum absolute atomic E-state index is 10.2. The van der Waals surface area contributed by atoms with Crippen molar-refractivity contribution in [3.05, 3.63) is 0 Å². The van der Waals surface area contributed by atoms with Gasteiger partial charge < -0.3 is 27.7 Å². The second-order valence-corrected chi connectivity index (χ2v) is 3.83. The van der Waals surface area contributed by atoms with Gasteiger partial charge in [0.05, 0.1) is 40.2 Å². The van der Waals surface area contributed by atoms with Crippen LogP contribution in [0.25, 0.3) is 0 Å². The first-order chi connectivity index (χ1) is 4.81. The molecule has 0 bridgehead atoms. The van der Waals surface area contributed by atoms with Crippen molar-refractivity contribution in [3.8, 4) is 0 Å². The van der Waals surface area contributed by atoms with Crippen LogP contribution >= 0.6 is 12.4 Å². The van der Waals surface area contributed by atoms with Crippen LogP contribution in [0.3, 0.4) is 0 Å². The van der Waals surface area contributed by atoms with Gasteiger partial charge in [-0.1, -0.05) is 0 Å². The van der Waals surface area contributed by atoms with Crippen LogP contribution in [-0.2, 0) is 4.79 Å². The van der Waals surface area contributed by atoms with Gasteiger partial charge in [0.15, 0.2) is 0 Å². The van der Waals surface area contributed by atoms with Crippen LogP contribution in [-0.4, -0.2) is 49.3 Å². The van der Waals surface area contributed by atoms with Gasteiger partial charge in [0.25, 0.3) is 0 Å². The molecule has 0 aliphatic heterocycles. The van der Waals surface area contributed by atoms with Gasteiger partial charge in [-0.2, -0.15) is 0 Å². The van der Waals surface area contributed by atoms with Gasteiger partial charge in [0, 0.05) is 0 Å². The lowest BCUT2D eigenvalue weighted by Crippen LogP contribution is -3.00. The Morgan fingerprint density at radius 2 is 1.85 bits per heavy atom. The summed E-state index contributed by atoms with van der Waals surface area (Å²) in [5.74, 6) is -0.828. The van der Waals surface area contributed by atoms with Gasteiger partial charge in [-0.25, -0.2) is 0 Å². The van der Waals surface area contributed by atoms with Crippen LogP contribution in [0.2, 0.25) is 0 Å². The number of quaternary nitrogens is 1. The maximum atomic E-state index is 10.2. The Morgan fingerprint density at radius 3 is 2.08 bits per heavy atom. The molecule has 0 radical (unpaired) electrons. The highest BCUT2D eigenvalue weighted by atomic mass is 35.5. The average Bonchev–Trinajstić information content (AvgIpc) is 1.53. The fourth-order valence-electron chi connectivity index (χ4n) is 0.992. The summed E-state index contributed by atoms with van der Waals surface area (Å²) in [5, 5.41) is 8.39. The molecular formula is C7H18Cl2N2O2. The summed E-state index contributed by atoms with van der Waals surface area (Å²) in [6.07, 6.45) is 0.0511. The third-order valence-corrected chi connectivity index (χ3v) is 1.22. The first kappa shape index (κ1) is 18.7. The van der Waals surface area contributed by atoms with Gasteiger partial charge in [0.1, 0.15) is 0 Å². The minimum absolute atomic E-state index is 0. The quantitative estimate of drug-likeness (QED) is 0.506. The van der Waals surface area contributed by atoms with Crippen molar-refractivity contribution in [2.75, 3.05) is 27.7 Å². The van der Waals surface area contributed by atoms with Crippen LogP contribution in [0.4, 0.5) is 0 Å². The zero-order chi connectivity index (χ0) is 9.07. The number of hydrogen-bond acceptors (Lipinski definition) is 2. The van der Waals surface area contributed by atoms with Crippen molar-refractivity contribution < 1.29 is 26.8 Å². The summed E-state index contributed by atoms with van der Waals surface area (Å²) in [5.41, 5.74) is 5.56. The minimum Gasteiger partial charge on any atom is -1.00 e. The number of hydrogen-bond donors (Lipinski definition) is 2. The van der Waals surface area contributed by atoms with E-state index in [1.54, 1.807) is 0 Å². The maximum Gasteiger partial charge on any atom is 0.305 e. The first-order valence-corrected chi connectivity index (χ1v) is 3.59. The lowest BCUT2D eigenvalue weighted by atomic mass is 10.2. The molecule has 3 N–H and O–H groups in total. The Kier molecular flexibility index (Phi) is 10.6. The van der Waals surface area contributed by atoms with Crippen molar-refractivity contribution >= 4 is 18.4 Å². The van der Waals surface area contributed by atoms with E-state index in [1.165, 1.54) is 0 Å². The smallest absolute Gasteiger partial charge is 0.305 e. The fraction of sp³-hybridized carbons (Fsp3) is 0.857. The molecule has 1 atom stereocenters. The van der Waals surface area contributed by atoms with Gasteiger partial charge >= 0.3 is 5.97 Å². The molecule has 6 heteroatoms. The van der Waals surface area contributed by atoms with Crippen LogP contribution < -0.4 is 18.1 Å². The Morgan fingerprint density at radius 1 is 1.46 bits per heavy atom. The summed E-state index contributed by atoms with van der Waals surface area (Å²) in [6.45, 7) is 0.687. The summed E-state index contributed by atoms with van der Waals surface area (Å²) >= 11 is 0. The molecule has 0 aromatic carbocycles. The van der Waals surface area contributed by atoms with E-state index in [0.29, 0.717) is 11.0 Å². The number of nitrogens with zero attached hydrogens (tertiary/aromatic N) is 1. The van der Waals surface area contributed by atoms with Crippen molar-refractivity contribution in [1.82, 2.24) is 0 Å². The van der Waals surface area contributed by atoms with E-state index < -0.39 is 5.97 Å². The van der Waals surface area contributed by atoms with E-state index in [2.05, 4.69) is 0 Å². The van der Waals surface area contributed by atoms with Gasteiger partial charge in [-0.05, 0) is 0 Å². The van der Waals surface area contributed by atoms with Gasteiger partial charge in [-0.3, -0.25) is 4.79 Å². The third kappa shape index (κ3) is 14.8. The summed E-state index contributed by atoms with van der Waals surface area (Å²) in [6, 6.07) is -0.243. The van der Waals surface area contributed by atoms with Crippen molar-refractivity contribution in [2.45, 2.75) is 12.5 Å². The third-order valence-electron chi connectivity index (χ3n) is 1.22.